The molecule has 1 unspecified atom stereocenters. The van der Waals surface area contributed by atoms with Crippen LogP contribution < -0.4 is 10.6 Å². The molecule has 1 aromatic rings. The average molecular weight is 380 g/mol. The van der Waals surface area contributed by atoms with Crippen molar-refractivity contribution in [3.8, 4) is 0 Å². The molecule has 3 amide bonds. The van der Waals surface area contributed by atoms with Crippen LogP contribution in [0.2, 0.25) is 0 Å². The second-order valence-electron chi connectivity index (χ2n) is 6.85. The second kappa shape index (κ2) is 10.1. The van der Waals surface area contributed by atoms with E-state index in [-0.39, 0.29) is 30.0 Å². The number of nitrogens with zero attached hydrogens (tertiary/aromatic N) is 2. The van der Waals surface area contributed by atoms with Gasteiger partial charge in [-0.15, -0.1) is 0 Å². The Morgan fingerprint density at radius 1 is 1.33 bits per heavy atom. The maximum absolute atomic E-state index is 13.5. The van der Waals surface area contributed by atoms with Crippen molar-refractivity contribution in [2.45, 2.75) is 31.8 Å². The SMILES string of the molecule is CCOC(=O)N1CCC(NC(=O)NCC(c2cccc(F)c2)N(C)C)CC1. The first-order valence-corrected chi connectivity index (χ1v) is 9.28. The topological polar surface area (TPSA) is 73.9 Å². The lowest BCUT2D eigenvalue weighted by atomic mass is 10.1. The van der Waals surface area contributed by atoms with Crippen molar-refractivity contribution in [1.82, 2.24) is 20.4 Å². The highest BCUT2D eigenvalue weighted by Crippen LogP contribution is 2.18. The van der Waals surface area contributed by atoms with Gasteiger partial charge in [-0.25, -0.2) is 14.0 Å². The summed E-state index contributed by atoms with van der Waals surface area (Å²) in [5.41, 5.74) is 0.808. The van der Waals surface area contributed by atoms with Gasteiger partial charge in [0.1, 0.15) is 5.82 Å². The molecule has 1 aliphatic rings. The van der Waals surface area contributed by atoms with E-state index in [2.05, 4.69) is 10.6 Å². The van der Waals surface area contributed by atoms with Crippen LogP contribution in [0.25, 0.3) is 0 Å². The number of benzene rings is 1. The number of halogens is 1. The Balaban J connectivity index is 1.79. The van der Waals surface area contributed by atoms with Crippen LogP contribution in [-0.2, 0) is 4.74 Å². The molecule has 0 bridgehead atoms. The van der Waals surface area contributed by atoms with Crippen molar-refractivity contribution < 1.29 is 18.7 Å². The molecule has 2 N–H and O–H groups in total. The summed E-state index contributed by atoms with van der Waals surface area (Å²) in [7, 11) is 3.78. The van der Waals surface area contributed by atoms with Crippen LogP contribution in [0.15, 0.2) is 24.3 Å². The van der Waals surface area contributed by atoms with Crippen LogP contribution in [0.3, 0.4) is 0 Å². The Bertz CT molecular complexity index is 633. The van der Waals surface area contributed by atoms with Gasteiger partial charge in [0.25, 0.3) is 0 Å². The van der Waals surface area contributed by atoms with E-state index in [0.29, 0.717) is 39.1 Å². The van der Waals surface area contributed by atoms with Crippen molar-refractivity contribution in [2.75, 3.05) is 40.3 Å². The first-order valence-electron chi connectivity index (χ1n) is 9.28. The summed E-state index contributed by atoms with van der Waals surface area (Å²) in [5.74, 6) is -0.294. The number of rotatable bonds is 6. The third kappa shape index (κ3) is 6.39. The summed E-state index contributed by atoms with van der Waals surface area (Å²) in [5, 5.41) is 5.81. The number of piperidine rings is 1. The van der Waals surface area contributed by atoms with Crippen LogP contribution in [0.5, 0.6) is 0 Å². The highest BCUT2D eigenvalue weighted by atomic mass is 19.1. The van der Waals surface area contributed by atoms with E-state index >= 15 is 0 Å². The predicted octanol–water partition coefficient (Wildman–Crippen LogP) is 2.35. The van der Waals surface area contributed by atoms with Crippen molar-refractivity contribution in [3.05, 3.63) is 35.6 Å². The third-order valence-corrected chi connectivity index (χ3v) is 4.67. The van der Waals surface area contributed by atoms with Crippen molar-refractivity contribution in [3.63, 3.8) is 0 Å². The largest absolute Gasteiger partial charge is 0.450 e. The van der Waals surface area contributed by atoms with Crippen molar-refractivity contribution in [1.29, 1.82) is 0 Å². The molecule has 2 rings (SSSR count). The highest BCUT2D eigenvalue weighted by molar-refractivity contribution is 5.74. The van der Waals surface area contributed by atoms with Crippen LogP contribution in [-0.4, -0.2) is 68.3 Å². The molecule has 1 atom stereocenters. The Kier molecular flexibility index (Phi) is 7.84. The number of likely N-dealkylation sites (tertiary alicyclic amines) is 1. The van der Waals surface area contributed by atoms with Crippen molar-refractivity contribution >= 4 is 12.1 Å². The van der Waals surface area contributed by atoms with E-state index in [0.717, 1.165) is 5.56 Å². The third-order valence-electron chi connectivity index (χ3n) is 4.67. The lowest BCUT2D eigenvalue weighted by molar-refractivity contribution is 0.0957. The minimum Gasteiger partial charge on any atom is -0.450 e. The number of carbonyl (C=O) groups excluding carboxylic acids is 2. The van der Waals surface area contributed by atoms with E-state index < -0.39 is 0 Å². The maximum atomic E-state index is 13.5. The molecular formula is C19H29FN4O3. The van der Waals surface area contributed by atoms with E-state index in [1.54, 1.807) is 17.9 Å². The Hall–Kier alpha value is -2.35. The highest BCUT2D eigenvalue weighted by Gasteiger charge is 2.25. The molecule has 8 heteroatoms. The standard InChI is InChI=1S/C19H29FN4O3/c1-4-27-19(26)24-10-8-16(9-11-24)22-18(25)21-13-17(23(2)3)14-6-5-7-15(20)12-14/h5-7,12,16-17H,4,8-11,13H2,1-3H3,(H2,21,22,25). The van der Waals surface area contributed by atoms with E-state index in [9.17, 15) is 14.0 Å². The molecule has 0 radical (unpaired) electrons. The van der Waals surface area contributed by atoms with Crippen LogP contribution in [0.1, 0.15) is 31.4 Å². The molecule has 1 heterocycles. The summed E-state index contributed by atoms with van der Waals surface area (Å²) >= 11 is 0. The second-order valence-corrected chi connectivity index (χ2v) is 6.85. The molecule has 1 aliphatic heterocycles. The molecule has 0 aliphatic carbocycles. The van der Waals surface area contributed by atoms with E-state index in [4.69, 9.17) is 4.74 Å². The molecule has 150 valence electrons. The van der Waals surface area contributed by atoms with Crippen LogP contribution in [0, 0.1) is 5.82 Å². The molecule has 1 saturated heterocycles. The molecular weight excluding hydrogens is 351 g/mol. The Morgan fingerprint density at radius 2 is 2.04 bits per heavy atom. The van der Waals surface area contributed by atoms with Gasteiger partial charge < -0.3 is 25.2 Å². The molecule has 7 nitrogen and oxygen atoms in total. The monoisotopic (exact) mass is 380 g/mol. The minimum absolute atomic E-state index is 0.0163. The number of ether oxygens (including phenoxy) is 1. The number of amides is 3. The van der Waals surface area contributed by atoms with Crippen molar-refractivity contribution in [2.24, 2.45) is 0 Å². The number of carbonyl (C=O) groups is 2. The fourth-order valence-corrected chi connectivity index (χ4v) is 3.16. The van der Waals surface area contributed by atoms with Gasteiger partial charge in [-0.05, 0) is 51.6 Å². The number of hydrogen-bond acceptors (Lipinski definition) is 4. The smallest absolute Gasteiger partial charge is 0.409 e. The van der Waals surface area contributed by atoms with Crippen LogP contribution in [0.4, 0.5) is 14.0 Å². The van der Waals surface area contributed by atoms with Gasteiger partial charge in [-0.2, -0.15) is 0 Å². The molecule has 27 heavy (non-hydrogen) atoms. The summed E-state index contributed by atoms with van der Waals surface area (Å²) in [6, 6.07) is 6.03. The summed E-state index contributed by atoms with van der Waals surface area (Å²) in [6.07, 6.45) is 1.07. The zero-order valence-electron chi connectivity index (χ0n) is 16.2. The molecule has 0 aromatic heterocycles. The predicted molar refractivity (Wildman–Crippen MR) is 101 cm³/mol. The summed E-state index contributed by atoms with van der Waals surface area (Å²) in [6.45, 7) is 3.63. The average Bonchev–Trinajstić information content (AvgIpc) is 2.62. The van der Waals surface area contributed by atoms with E-state index in [1.165, 1.54) is 12.1 Å². The van der Waals surface area contributed by atoms with Gasteiger partial charge in [0.05, 0.1) is 12.6 Å². The number of urea groups is 1. The first kappa shape index (κ1) is 21.0. The van der Waals surface area contributed by atoms with Gasteiger partial charge in [0.15, 0.2) is 0 Å². The van der Waals surface area contributed by atoms with Gasteiger partial charge >= 0.3 is 12.1 Å². The Labute approximate surface area is 159 Å². The zero-order chi connectivity index (χ0) is 19.8. The lowest BCUT2D eigenvalue weighted by Crippen LogP contribution is -2.50. The van der Waals surface area contributed by atoms with Gasteiger partial charge in [0, 0.05) is 25.7 Å². The normalized spacial score (nSPS) is 16.1. The van der Waals surface area contributed by atoms with E-state index in [1.807, 2.05) is 25.1 Å². The first-order chi connectivity index (χ1) is 12.9. The molecule has 1 fully saturated rings. The molecule has 0 saturated carbocycles. The number of hydrogen-bond donors (Lipinski definition) is 2. The quantitative estimate of drug-likeness (QED) is 0.795. The summed E-state index contributed by atoms with van der Waals surface area (Å²) < 4.78 is 18.5. The number of likely N-dealkylation sites (N-methyl/N-ethyl adjacent to an activating group) is 1. The zero-order valence-corrected chi connectivity index (χ0v) is 16.2. The van der Waals surface area contributed by atoms with Crippen LogP contribution >= 0.6 is 0 Å². The fourth-order valence-electron chi connectivity index (χ4n) is 3.16. The minimum atomic E-state index is -0.302. The summed E-state index contributed by atoms with van der Waals surface area (Å²) in [4.78, 5) is 27.5. The molecule has 0 spiro atoms. The Morgan fingerprint density at radius 3 is 2.63 bits per heavy atom. The van der Waals surface area contributed by atoms with Gasteiger partial charge in [-0.1, -0.05) is 12.1 Å². The number of nitrogens with one attached hydrogen (secondary N) is 2. The maximum Gasteiger partial charge on any atom is 0.409 e. The van der Waals surface area contributed by atoms with Gasteiger partial charge in [0.2, 0.25) is 0 Å². The fraction of sp³-hybridized carbons (Fsp3) is 0.579. The lowest BCUT2D eigenvalue weighted by Gasteiger charge is -2.32. The molecule has 1 aromatic carbocycles. The van der Waals surface area contributed by atoms with Gasteiger partial charge in [-0.3, -0.25) is 0 Å².